The van der Waals surface area contributed by atoms with E-state index in [-0.39, 0.29) is 18.1 Å². The number of hydrogen-bond donors (Lipinski definition) is 1. The van der Waals surface area contributed by atoms with Crippen molar-refractivity contribution in [2.75, 3.05) is 26.2 Å². The van der Waals surface area contributed by atoms with Crippen LogP contribution in [0, 0.1) is 0 Å². The molecule has 3 rings (SSSR count). The van der Waals surface area contributed by atoms with Crippen LogP contribution >= 0.6 is 0 Å². The summed E-state index contributed by atoms with van der Waals surface area (Å²) in [7, 11) is 0. The van der Waals surface area contributed by atoms with E-state index in [0.717, 1.165) is 19.5 Å². The fraction of sp³-hybridized carbons (Fsp3) is 0.769. The van der Waals surface area contributed by atoms with Crippen molar-refractivity contribution < 1.29 is 9.53 Å². The number of aromatic nitrogens is 3. The van der Waals surface area contributed by atoms with E-state index >= 15 is 0 Å². The van der Waals surface area contributed by atoms with Gasteiger partial charge in [0.05, 0.1) is 31.0 Å². The van der Waals surface area contributed by atoms with Gasteiger partial charge in [-0.15, -0.1) is 5.10 Å². The van der Waals surface area contributed by atoms with Gasteiger partial charge in [0, 0.05) is 19.6 Å². The molecule has 20 heavy (non-hydrogen) atoms. The van der Waals surface area contributed by atoms with Gasteiger partial charge in [-0.3, -0.25) is 4.79 Å². The monoisotopic (exact) mass is 279 g/mol. The fourth-order valence-electron chi connectivity index (χ4n) is 2.59. The Bertz CT molecular complexity index is 485. The molecule has 0 bridgehead atoms. The summed E-state index contributed by atoms with van der Waals surface area (Å²) in [5.41, 5.74) is 0.435. The van der Waals surface area contributed by atoms with Gasteiger partial charge in [-0.25, -0.2) is 4.68 Å². The maximum absolute atomic E-state index is 12.6. The molecule has 0 radical (unpaired) electrons. The van der Waals surface area contributed by atoms with E-state index in [9.17, 15) is 4.79 Å². The molecule has 0 aliphatic carbocycles. The zero-order valence-electron chi connectivity index (χ0n) is 12.0. The molecule has 7 nitrogen and oxygen atoms in total. The first-order valence-corrected chi connectivity index (χ1v) is 7.24. The summed E-state index contributed by atoms with van der Waals surface area (Å²) in [6.45, 7) is 7.07. The second kappa shape index (κ2) is 5.49. The van der Waals surface area contributed by atoms with Gasteiger partial charge in [0.15, 0.2) is 5.69 Å². The molecule has 2 atom stereocenters. The van der Waals surface area contributed by atoms with Gasteiger partial charge in [-0.2, -0.15) is 0 Å². The Balaban J connectivity index is 1.74. The van der Waals surface area contributed by atoms with Crippen LogP contribution in [-0.2, 0) is 4.74 Å². The van der Waals surface area contributed by atoms with Crippen molar-refractivity contribution in [2.24, 2.45) is 0 Å². The van der Waals surface area contributed by atoms with Gasteiger partial charge in [-0.1, -0.05) is 12.1 Å². The molecule has 0 aromatic carbocycles. The Labute approximate surface area is 118 Å². The average molecular weight is 279 g/mol. The fourth-order valence-corrected chi connectivity index (χ4v) is 2.59. The zero-order chi connectivity index (χ0) is 14.1. The van der Waals surface area contributed by atoms with Crippen LogP contribution in [0.3, 0.4) is 0 Å². The van der Waals surface area contributed by atoms with Gasteiger partial charge >= 0.3 is 0 Å². The van der Waals surface area contributed by atoms with Crippen molar-refractivity contribution >= 4 is 5.91 Å². The molecule has 1 aromatic heterocycles. The minimum absolute atomic E-state index is 0.0365. The Morgan fingerprint density at radius 3 is 3.00 bits per heavy atom. The lowest BCUT2D eigenvalue weighted by Crippen LogP contribution is -2.51. The highest BCUT2D eigenvalue weighted by Crippen LogP contribution is 2.18. The Kier molecular flexibility index (Phi) is 3.71. The topological polar surface area (TPSA) is 72.3 Å². The van der Waals surface area contributed by atoms with Crippen molar-refractivity contribution in [3.8, 4) is 0 Å². The van der Waals surface area contributed by atoms with Gasteiger partial charge in [0.2, 0.25) is 0 Å². The standard InChI is InChI=1S/C13H21N5O2/c1-3-10-8-20-9(2)6-17(10)13(19)12-7-18(16-15-12)11-4-14-5-11/h7,9-11,14H,3-6,8H2,1-2H3. The summed E-state index contributed by atoms with van der Waals surface area (Å²) in [6, 6.07) is 0.462. The number of carbonyl (C=O) groups is 1. The number of morpholine rings is 1. The molecule has 3 heterocycles. The summed E-state index contributed by atoms with van der Waals surface area (Å²) in [5, 5.41) is 11.3. The van der Waals surface area contributed by atoms with Crippen molar-refractivity contribution in [3.05, 3.63) is 11.9 Å². The quantitative estimate of drug-likeness (QED) is 0.847. The third-order valence-corrected chi connectivity index (χ3v) is 4.06. The van der Waals surface area contributed by atoms with E-state index in [1.807, 2.05) is 11.8 Å². The van der Waals surface area contributed by atoms with Crippen molar-refractivity contribution in [1.82, 2.24) is 25.2 Å². The third-order valence-electron chi connectivity index (χ3n) is 4.06. The highest BCUT2D eigenvalue weighted by molar-refractivity contribution is 5.92. The Morgan fingerprint density at radius 2 is 2.35 bits per heavy atom. The molecule has 7 heteroatoms. The van der Waals surface area contributed by atoms with Crippen LogP contribution in [0.1, 0.15) is 36.8 Å². The molecule has 1 aromatic rings. The third kappa shape index (κ3) is 2.43. The van der Waals surface area contributed by atoms with Gasteiger partial charge in [-0.05, 0) is 13.3 Å². The largest absolute Gasteiger partial charge is 0.375 e. The molecule has 2 unspecified atom stereocenters. The van der Waals surface area contributed by atoms with Crippen LogP contribution in [0.2, 0.25) is 0 Å². The number of nitrogens with one attached hydrogen (secondary N) is 1. The summed E-state index contributed by atoms with van der Waals surface area (Å²) in [4.78, 5) is 14.5. The van der Waals surface area contributed by atoms with Crippen LogP contribution in [0.25, 0.3) is 0 Å². The predicted molar refractivity (Wildman–Crippen MR) is 72.5 cm³/mol. The summed E-state index contributed by atoms with van der Waals surface area (Å²) in [6.07, 6.45) is 2.73. The molecular formula is C13H21N5O2. The lowest BCUT2D eigenvalue weighted by atomic mass is 10.1. The number of amides is 1. The van der Waals surface area contributed by atoms with Crippen LogP contribution in [0.4, 0.5) is 0 Å². The molecule has 2 aliphatic rings. The van der Waals surface area contributed by atoms with Crippen molar-refractivity contribution in [3.63, 3.8) is 0 Å². The SMILES string of the molecule is CCC1COC(C)CN1C(=O)c1cn(C2CNC2)nn1. The summed E-state index contributed by atoms with van der Waals surface area (Å²) < 4.78 is 7.41. The van der Waals surface area contributed by atoms with E-state index in [0.29, 0.717) is 24.9 Å². The van der Waals surface area contributed by atoms with Gasteiger partial charge in [0.25, 0.3) is 5.91 Å². The van der Waals surface area contributed by atoms with Crippen LogP contribution in [0.5, 0.6) is 0 Å². The average Bonchev–Trinajstić information content (AvgIpc) is 2.85. The molecule has 1 amide bonds. The van der Waals surface area contributed by atoms with Crippen LogP contribution in [0.15, 0.2) is 6.20 Å². The number of nitrogens with zero attached hydrogens (tertiary/aromatic N) is 4. The molecule has 2 aliphatic heterocycles. The smallest absolute Gasteiger partial charge is 0.276 e. The second-order valence-corrected chi connectivity index (χ2v) is 5.56. The number of carbonyl (C=O) groups excluding carboxylic acids is 1. The van der Waals surface area contributed by atoms with Crippen LogP contribution in [-0.4, -0.2) is 64.2 Å². The molecule has 0 spiro atoms. The molecule has 2 saturated heterocycles. The van der Waals surface area contributed by atoms with Gasteiger partial charge < -0.3 is 15.0 Å². The second-order valence-electron chi connectivity index (χ2n) is 5.56. The normalized spacial score (nSPS) is 27.4. The molecular weight excluding hydrogens is 258 g/mol. The Hall–Kier alpha value is -1.47. The van der Waals surface area contributed by atoms with Gasteiger partial charge in [0.1, 0.15) is 0 Å². The lowest BCUT2D eigenvalue weighted by Gasteiger charge is -2.37. The molecule has 2 fully saturated rings. The van der Waals surface area contributed by atoms with E-state index < -0.39 is 0 Å². The minimum Gasteiger partial charge on any atom is -0.375 e. The molecule has 0 saturated carbocycles. The Morgan fingerprint density at radius 1 is 1.55 bits per heavy atom. The molecule has 110 valence electrons. The first-order chi connectivity index (χ1) is 9.69. The highest BCUT2D eigenvalue weighted by atomic mass is 16.5. The predicted octanol–water partition coefficient (Wildman–Crippen LogP) is 0.0619. The van der Waals surface area contributed by atoms with Crippen molar-refractivity contribution in [2.45, 2.75) is 38.5 Å². The maximum atomic E-state index is 12.6. The maximum Gasteiger partial charge on any atom is 0.276 e. The minimum atomic E-state index is -0.0365. The number of rotatable bonds is 3. The number of hydrogen-bond acceptors (Lipinski definition) is 5. The summed E-state index contributed by atoms with van der Waals surface area (Å²) in [5.74, 6) is -0.0365. The first kappa shape index (κ1) is 13.5. The van der Waals surface area contributed by atoms with E-state index in [1.54, 1.807) is 10.9 Å². The van der Waals surface area contributed by atoms with E-state index in [4.69, 9.17) is 4.74 Å². The molecule has 1 N–H and O–H groups in total. The van der Waals surface area contributed by atoms with Crippen molar-refractivity contribution in [1.29, 1.82) is 0 Å². The summed E-state index contributed by atoms with van der Waals surface area (Å²) >= 11 is 0. The van der Waals surface area contributed by atoms with E-state index in [1.165, 1.54) is 0 Å². The van der Waals surface area contributed by atoms with Crippen LogP contribution < -0.4 is 5.32 Å². The lowest BCUT2D eigenvalue weighted by molar-refractivity contribution is -0.0446. The first-order valence-electron chi connectivity index (χ1n) is 7.24. The van der Waals surface area contributed by atoms with E-state index in [2.05, 4.69) is 22.6 Å². The number of ether oxygens (including phenoxy) is 1. The highest BCUT2D eigenvalue weighted by Gasteiger charge is 2.32. The zero-order valence-corrected chi connectivity index (χ0v) is 12.0.